The van der Waals surface area contributed by atoms with Crippen LogP contribution in [0.4, 0.5) is 4.79 Å². The van der Waals surface area contributed by atoms with Gasteiger partial charge in [0.25, 0.3) is 5.91 Å². The number of rotatable bonds is 16. The Hall–Kier alpha value is -1.85. The van der Waals surface area contributed by atoms with Crippen LogP contribution in [0.2, 0.25) is 0 Å². The van der Waals surface area contributed by atoms with Crippen LogP contribution in [0.3, 0.4) is 0 Å². The van der Waals surface area contributed by atoms with Crippen molar-refractivity contribution in [1.82, 2.24) is 26.3 Å². The maximum atomic E-state index is 12.1. The summed E-state index contributed by atoms with van der Waals surface area (Å²) in [6.45, 7) is 5.15. The molecule has 3 heterocycles. The molecule has 2 aliphatic rings. The minimum atomic E-state index is -0.137. The van der Waals surface area contributed by atoms with Crippen LogP contribution in [-0.4, -0.2) is 59.0 Å². The van der Waals surface area contributed by atoms with E-state index in [4.69, 9.17) is 0 Å². The molecular formula is C24H35N5O3S3. The second-order valence-corrected chi connectivity index (χ2v) is 12.2. The zero-order valence-electron chi connectivity index (χ0n) is 19.9. The Morgan fingerprint density at radius 2 is 1.89 bits per heavy atom. The van der Waals surface area contributed by atoms with E-state index in [0.29, 0.717) is 29.7 Å². The van der Waals surface area contributed by atoms with E-state index in [1.807, 2.05) is 30.0 Å². The van der Waals surface area contributed by atoms with Crippen LogP contribution < -0.4 is 21.3 Å². The Morgan fingerprint density at radius 3 is 2.66 bits per heavy atom. The highest BCUT2D eigenvalue weighted by Gasteiger charge is 2.42. The molecule has 0 spiro atoms. The summed E-state index contributed by atoms with van der Waals surface area (Å²) in [5, 5.41) is 13.2. The number of nitrogens with zero attached hydrogens (tertiary/aromatic N) is 1. The largest absolute Gasteiger partial charge is 0.356 e. The highest BCUT2D eigenvalue weighted by molar-refractivity contribution is 8.78. The van der Waals surface area contributed by atoms with Gasteiger partial charge < -0.3 is 21.3 Å². The minimum absolute atomic E-state index is 0.0499. The van der Waals surface area contributed by atoms with Gasteiger partial charge in [0.15, 0.2) is 0 Å². The number of fused-ring (bicyclic) bond motifs is 1. The van der Waals surface area contributed by atoms with E-state index < -0.39 is 0 Å². The third kappa shape index (κ3) is 9.97. The number of carbonyl (C=O) groups excluding carboxylic acids is 3. The normalized spacial score (nSPS) is 20.6. The molecule has 0 aliphatic carbocycles. The second-order valence-electron chi connectivity index (χ2n) is 8.65. The molecule has 0 saturated carbocycles. The number of hydrogen-bond acceptors (Lipinski definition) is 7. The number of thioether (sulfide) groups is 1. The van der Waals surface area contributed by atoms with Crippen molar-refractivity contribution in [1.29, 1.82) is 0 Å². The average Bonchev–Trinajstić information content (AvgIpc) is 3.41. The zero-order valence-corrected chi connectivity index (χ0v) is 22.4. The van der Waals surface area contributed by atoms with Crippen molar-refractivity contribution in [2.45, 2.75) is 73.7 Å². The first-order valence-corrected chi connectivity index (χ1v) is 15.4. The molecule has 1 aromatic rings. The molecule has 192 valence electrons. The van der Waals surface area contributed by atoms with Crippen molar-refractivity contribution in [3.63, 3.8) is 0 Å². The number of urea groups is 1. The van der Waals surface area contributed by atoms with Gasteiger partial charge in [-0.1, -0.05) is 31.9 Å². The van der Waals surface area contributed by atoms with Crippen LogP contribution >= 0.6 is 33.3 Å². The summed E-state index contributed by atoms with van der Waals surface area (Å²) < 4.78 is 0. The number of aromatic nitrogens is 1. The number of carbonyl (C=O) groups is 3. The van der Waals surface area contributed by atoms with Crippen LogP contribution in [0.5, 0.6) is 0 Å². The molecule has 35 heavy (non-hydrogen) atoms. The predicted octanol–water partition coefficient (Wildman–Crippen LogP) is 3.85. The smallest absolute Gasteiger partial charge is 0.315 e. The van der Waals surface area contributed by atoms with Crippen molar-refractivity contribution in [3.05, 3.63) is 35.9 Å². The van der Waals surface area contributed by atoms with E-state index in [1.165, 1.54) is 21.6 Å². The molecule has 3 atom stereocenters. The third-order valence-electron chi connectivity index (χ3n) is 5.91. The fourth-order valence-electron chi connectivity index (χ4n) is 4.02. The molecule has 0 bridgehead atoms. The van der Waals surface area contributed by atoms with Gasteiger partial charge in [-0.3, -0.25) is 9.59 Å². The lowest BCUT2D eigenvalue weighted by Crippen LogP contribution is -2.36. The molecule has 8 nitrogen and oxygen atoms in total. The van der Waals surface area contributed by atoms with Gasteiger partial charge in [-0.15, -0.1) is 0 Å². The molecule has 4 N–H and O–H groups in total. The monoisotopic (exact) mass is 537 g/mol. The molecular weight excluding hydrogens is 502 g/mol. The topological polar surface area (TPSA) is 112 Å². The molecule has 11 heteroatoms. The number of hydrogen-bond donors (Lipinski definition) is 4. The first-order valence-electron chi connectivity index (χ1n) is 12.2. The van der Waals surface area contributed by atoms with Crippen LogP contribution in [-0.2, 0) is 9.59 Å². The predicted molar refractivity (Wildman–Crippen MR) is 145 cm³/mol. The Labute approximate surface area is 219 Å². The van der Waals surface area contributed by atoms with Crippen molar-refractivity contribution in [2.24, 2.45) is 0 Å². The molecule has 0 radical (unpaired) electrons. The summed E-state index contributed by atoms with van der Waals surface area (Å²) in [4.78, 5) is 40.2. The molecule has 2 saturated heterocycles. The van der Waals surface area contributed by atoms with Crippen LogP contribution in [0, 0.1) is 0 Å². The maximum Gasteiger partial charge on any atom is 0.315 e. The number of amides is 4. The molecule has 3 rings (SSSR count). The van der Waals surface area contributed by atoms with Gasteiger partial charge in [0.2, 0.25) is 5.91 Å². The van der Waals surface area contributed by atoms with E-state index >= 15 is 0 Å². The Bertz CT molecular complexity index is 858. The lowest BCUT2D eigenvalue weighted by atomic mass is 10.0. The van der Waals surface area contributed by atoms with E-state index in [2.05, 4.69) is 32.8 Å². The number of pyridine rings is 1. The summed E-state index contributed by atoms with van der Waals surface area (Å²) in [6.07, 6.45) is 9.07. The Morgan fingerprint density at radius 1 is 1.09 bits per heavy atom. The summed E-state index contributed by atoms with van der Waals surface area (Å²) in [5.74, 6) is 0.951. The Balaban J connectivity index is 1.10. The third-order valence-corrected chi connectivity index (χ3v) is 9.67. The van der Waals surface area contributed by atoms with E-state index in [9.17, 15) is 14.4 Å². The molecule has 4 amide bonds. The highest BCUT2D eigenvalue weighted by Crippen LogP contribution is 2.34. The molecule has 3 unspecified atom stereocenters. The van der Waals surface area contributed by atoms with Crippen molar-refractivity contribution in [2.75, 3.05) is 18.8 Å². The van der Waals surface area contributed by atoms with E-state index in [0.717, 1.165) is 55.7 Å². The lowest BCUT2D eigenvalue weighted by molar-refractivity contribution is -0.121. The van der Waals surface area contributed by atoms with Gasteiger partial charge in [0.05, 0.1) is 17.0 Å². The summed E-state index contributed by atoms with van der Waals surface area (Å²) in [5.41, 5.74) is 0. The lowest BCUT2D eigenvalue weighted by Gasteiger charge is -2.16. The van der Waals surface area contributed by atoms with Gasteiger partial charge in [0.1, 0.15) is 5.03 Å². The summed E-state index contributed by atoms with van der Waals surface area (Å²) in [6, 6.07) is 6.11. The van der Waals surface area contributed by atoms with Crippen LogP contribution in [0.1, 0.15) is 51.4 Å². The molecule has 2 aliphatic heterocycles. The fraction of sp³-hybridized carbons (Fsp3) is 0.583. The molecule has 0 aromatic carbocycles. The van der Waals surface area contributed by atoms with Gasteiger partial charge in [-0.05, 0) is 59.4 Å². The van der Waals surface area contributed by atoms with Crippen LogP contribution in [0.15, 0.2) is 40.9 Å². The molecule has 2 fully saturated rings. The minimum Gasteiger partial charge on any atom is -0.356 e. The first-order chi connectivity index (χ1) is 17.0. The highest BCUT2D eigenvalue weighted by atomic mass is 33.1. The van der Waals surface area contributed by atoms with Gasteiger partial charge in [-0.25, -0.2) is 9.78 Å². The van der Waals surface area contributed by atoms with Gasteiger partial charge >= 0.3 is 6.03 Å². The van der Waals surface area contributed by atoms with E-state index in [1.54, 1.807) is 6.20 Å². The number of nitrogens with one attached hydrogen (secondary N) is 4. The van der Waals surface area contributed by atoms with Crippen molar-refractivity contribution in [3.8, 4) is 0 Å². The quantitative estimate of drug-likeness (QED) is 0.110. The van der Waals surface area contributed by atoms with Crippen LogP contribution in [0.25, 0.3) is 0 Å². The van der Waals surface area contributed by atoms with E-state index in [-0.39, 0.29) is 29.9 Å². The first kappa shape index (κ1) is 27.7. The second kappa shape index (κ2) is 15.3. The van der Waals surface area contributed by atoms with Crippen molar-refractivity contribution >= 4 is 51.2 Å². The standard InChI is InChI=1S/C24H35N5O3S3/c1-17(34-35-21-12-6-9-14-26-21)23(31)27-15-8-3-2-7-13-25-20(30)11-5-4-10-19-22-18(16-33-19)28-24(32)29-22/h6,9,12,14,18-19,22H,1-5,7-8,10-11,13,15-16H2,(H,25,30)(H,27,31)(H2,28,29,32). The van der Waals surface area contributed by atoms with Crippen molar-refractivity contribution < 1.29 is 14.4 Å². The van der Waals surface area contributed by atoms with Gasteiger partial charge in [0, 0.05) is 36.7 Å². The summed E-state index contributed by atoms with van der Waals surface area (Å²) in [7, 11) is 2.74. The SMILES string of the molecule is C=C(SSc1ccccn1)C(=O)NCCCCCCNC(=O)CCCCC1SCC2NC(=O)NC21. The molecule has 1 aromatic heterocycles. The average molecular weight is 538 g/mol. The zero-order chi connectivity index (χ0) is 24.9. The van der Waals surface area contributed by atoms with Gasteiger partial charge in [-0.2, -0.15) is 11.8 Å². The Kier molecular flexibility index (Phi) is 12.1. The maximum absolute atomic E-state index is 12.1. The summed E-state index contributed by atoms with van der Waals surface area (Å²) >= 11 is 1.91. The fourth-order valence-corrected chi connectivity index (χ4v) is 7.22. The number of unbranched alkanes of at least 4 members (excludes halogenated alkanes) is 4.